The van der Waals surface area contributed by atoms with E-state index < -0.39 is 0 Å². The summed E-state index contributed by atoms with van der Waals surface area (Å²) in [7, 11) is 1.51. The number of carbonyl (C=O) groups is 1. The maximum atomic E-state index is 11.3. The van der Waals surface area contributed by atoms with Crippen LogP contribution in [0.3, 0.4) is 0 Å². The Morgan fingerprint density at radius 1 is 1.37 bits per heavy atom. The van der Waals surface area contributed by atoms with Gasteiger partial charge in [0.05, 0.1) is 18.7 Å². The second kappa shape index (κ2) is 7.58. The summed E-state index contributed by atoms with van der Waals surface area (Å²) in [5.41, 5.74) is 6.70. The molecule has 0 aromatic heterocycles. The van der Waals surface area contributed by atoms with Crippen LogP contribution in [0.25, 0.3) is 0 Å². The molecule has 1 rings (SSSR count). The van der Waals surface area contributed by atoms with E-state index in [9.17, 15) is 4.79 Å². The number of benzene rings is 1. The predicted molar refractivity (Wildman–Crippen MR) is 75.8 cm³/mol. The van der Waals surface area contributed by atoms with Crippen LogP contribution >= 0.6 is 23.2 Å². The first kappa shape index (κ1) is 16.1. The van der Waals surface area contributed by atoms with Gasteiger partial charge < -0.3 is 15.2 Å². The number of esters is 1. The van der Waals surface area contributed by atoms with Gasteiger partial charge in [-0.2, -0.15) is 0 Å². The lowest BCUT2D eigenvalue weighted by Crippen LogP contribution is -2.14. The molecule has 0 bridgehead atoms. The monoisotopic (exact) mass is 305 g/mol. The summed E-state index contributed by atoms with van der Waals surface area (Å²) in [6, 6.07) is 2.91. The average molecular weight is 306 g/mol. The van der Waals surface area contributed by atoms with Crippen molar-refractivity contribution in [1.82, 2.24) is 0 Å². The highest BCUT2D eigenvalue weighted by atomic mass is 35.5. The summed E-state index contributed by atoms with van der Waals surface area (Å²) >= 11 is 12.1. The molecule has 0 spiro atoms. The van der Waals surface area contributed by atoms with Crippen molar-refractivity contribution in [3.05, 3.63) is 27.7 Å². The van der Waals surface area contributed by atoms with E-state index in [1.165, 1.54) is 7.11 Å². The number of halogens is 2. The molecule has 19 heavy (non-hydrogen) atoms. The number of ether oxygens (including phenoxy) is 2. The van der Waals surface area contributed by atoms with Crippen LogP contribution in [-0.4, -0.2) is 19.7 Å². The number of hydrogen-bond donors (Lipinski definition) is 1. The Balaban J connectivity index is 2.74. The first-order chi connectivity index (χ1) is 8.99. The molecule has 1 aromatic rings. The maximum Gasteiger partial charge on any atom is 0.305 e. The van der Waals surface area contributed by atoms with Crippen LogP contribution in [-0.2, 0) is 9.53 Å². The van der Waals surface area contributed by atoms with Gasteiger partial charge >= 0.3 is 5.97 Å². The molecule has 0 fully saturated rings. The number of carbonyl (C=O) groups excluding carboxylic acids is 1. The summed E-state index contributed by atoms with van der Waals surface area (Å²) < 4.78 is 9.90. The first-order valence-electron chi connectivity index (χ1n) is 5.93. The maximum absolute atomic E-state index is 11.3. The van der Waals surface area contributed by atoms with Crippen molar-refractivity contribution < 1.29 is 14.3 Å². The van der Waals surface area contributed by atoms with Gasteiger partial charge in [-0.05, 0) is 25.0 Å². The van der Waals surface area contributed by atoms with E-state index in [-0.39, 0.29) is 18.4 Å². The van der Waals surface area contributed by atoms with Gasteiger partial charge in [-0.25, -0.2) is 0 Å². The highest BCUT2D eigenvalue weighted by molar-refractivity contribution is 6.34. The standard InChI is InChI=1S/C13H17Cl2NO3/c1-3-19-13(17)5-4-11(16)8-6-10(15)12(18-2)7-9(8)14/h6-7,11H,3-5,16H2,1-2H3. The van der Waals surface area contributed by atoms with Crippen molar-refractivity contribution >= 4 is 29.2 Å². The summed E-state index contributed by atoms with van der Waals surface area (Å²) in [6.45, 7) is 2.13. The second-order valence-electron chi connectivity index (χ2n) is 3.96. The van der Waals surface area contributed by atoms with Gasteiger partial charge in [-0.1, -0.05) is 23.2 Å². The first-order valence-corrected chi connectivity index (χ1v) is 6.69. The molecule has 0 saturated carbocycles. The molecule has 0 aliphatic heterocycles. The minimum Gasteiger partial charge on any atom is -0.495 e. The fourth-order valence-corrected chi connectivity index (χ4v) is 2.19. The second-order valence-corrected chi connectivity index (χ2v) is 4.77. The normalized spacial score (nSPS) is 12.1. The lowest BCUT2D eigenvalue weighted by molar-refractivity contribution is -0.143. The van der Waals surface area contributed by atoms with Crippen molar-refractivity contribution in [2.75, 3.05) is 13.7 Å². The van der Waals surface area contributed by atoms with E-state index in [1.54, 1.807) is 19.1 Å². The van der Waals surface area contributed by atoms with E-state index in [1.807, 2.05) is 0 Å². The zero-order valence-electron chi connectivity index (χ0n) is 10.9. The molecule has 0 heterocycles. The van der Waals surface area contributed by atoms with Crippen LogP contribution < -0.4 is 10.5 Å². The van der Waals surface area contributed by atoms with Crippen LogP contribution in [0, 0.1) is 0 Å². The van der Waals surface area contributed by atoms with E-state index in [4.69, 9.17) is 38.4 Å². The molecule has 2 N–H and O–H groups in total. The molecule has 0 saturated heterocycles. The molecular formula is C13H17Cl2NO3. The minimum absolute atomic E-state index is 0.245. The predicted octanol–water partition coefficient (Wildman–Crippen LogP) is 3.35. The summed E-state index contributed by atoms with van der Waals surface area (Å²) in [6.07, 6.45) is 0.691. The van der Waals surface area contributed by atoms with E-state index in [2.05, 4.69) is 0 Å². The van der Waals surface area contributed by atoms with Crippen molar-refractivity contribution in [2.24, 2.45) is 5.73 Å². The number of nitrogens with two attached hydrogens (primary N) is 1. The molecule has 0 amide bonds. The zero-order valence-corrected chi connectivity index (χ0v) is 12.4. The highest BCUT2D eigenvalue weighted by Gasteiger charge is 2.15. The summed E-state index contributed by atoms with van der Waals surface area (Å²) in [5, 5.41) is 0.908. The quantitative estimate of drug-likeness (QED) is 0.819. The average Bonchev–Trinajstić information content (AvgIpc) is 2.38. The van der Waals surface area contributed by atoms with Crippen LogP contribution in [0.15, 0.2) is 12.1 Å². The van der Waals surface area contributed by atoms with Gasteiger partial charge in [-0.3, -0.25) is 4.79 Å². The van der Waals surface area contributed by atoms with Crippen molar-refractivity contribution in [3.8, 4) is 5.75 Å². The fourth-order valence-electron chi connectivity index (χ4n) is 1.65. The molecule has 1 atom stereocenters. The molecular weight excluding hydrogens is 289 g/mol. The van der Waals surface area contributed by atoms with Gasteiger partial charge in [0.15, 0.2) is 0 Å². The van der Waals surface area contributed by atoms with E-state index >= 15 is 0 Å². The van der Waals surface area contributed by atoms with Crippen molar-refractivity contribution in [1.29, 1.82) is 0 Å². The lowest BCUT2D eigenvalue weighted by Gasteiger charge is -2.15. The Labute approximate surface area is 122 Å². The Hall–Kier alpha value is -0.970. The topological polar surface area (TPSA) is 61.5 Å². The van der Waals surface area contributed by atoms with Crippen LogP contribution in [0.4, 0.5) is 0 Å². The molecule has 1 aromatic carbocycles. The largest absolute Gasteiger partial charge is 0.495 e. The Morgan fingerprint density at radius 2 is 2.05 bits per heavy atom. The molecule has 6 heteroatoms. The Bertz CT molecular complexity index is 452. The molecule has 4 nitrogen and oxygen atoms in total. The molecule has 106 valence electrons. The lowest BCUT2D eigenvalue weighted by atomic mass is 10.0. The summed E-state index contributed by atoms with van der Waals surface area (Å²) in [4.78, 5) is 11.3. The zero-order chi connectivity index (χ0) is 14.4. The third-order valence-corrected chi connectivity index (χ3v) is 3.26. The van der Waals surface area contributed by atoms with Crippen LogP contribution in [0.1, 0.15) is 31.4 Å². The molecule has 1 unspecified atom stereocenters. The van der Waals surface area contributed by atoms with Gasteiger partial charge in [0.1, 0.15) is 5.75 Å². The number of hydrogen-bond acceptors (Lipinski definition) is 4. The van der Waals surface area contributed by atoms with Crippen LogP contribution in [0.5, 0.6) is 5.75 Å². The molecule has 0 aliphatic carbocycles. The van der Waals surface area contributed by atoms with Gasteiger partial charge in [0, 0.05) is 23.6 Å². The third-order valence-electron chi connectivity index (χ3n) is 2.64. The smallest absolute Gasteiger partial charge is 0.305 e. The van der Waals surface area contributed by atoms with E-state index in [0.29, 0.717) is 34.4 Å². The summed E-state index contributed by atoms with van der Waals surface area (Å²) in [5.74, 6) is 0.224. The molecule has 0 radical (unpaired) electrons. The molecule has 0 aliphatic rings. The Kier molecular flexibility index (Phi) is 6.42. The number of methoxy groups -OCH3 is 1. The SMILES string of the molecule is CCOC(=O)CCC(N)c1cc(Cl)c(OC)cc1Cl. The van der Waals surface area contributed by atoms with Gasteiger partial charge in [0.25, 0.3) is 0 Å². The Morgan fingerprint density at radius 3 is 2.63 bits per heavy atom. The number of rotatable bonds is 6. The fraction of sp³-hybridized carbons (Fsp3) is 0.462. The van der Waals surface area contributed by atoms with Crippen LogP contribution in [0.2, 0.25) is 10.0 Å². The highest BCUT2D eigenvalue weighted by Crippen LogP contribution is 2.34. The van der Waals surface area contributed by atoms with E-state index in [0.717, 1.165) is 0 Å². The van der Waals surface area contributed by atoms with Gasteiger partial charge in [-0.15, -0.1) is 0 Å². The van der Waals surface area contributed by atoms with Crippen molar-refractivity contribution in [2.45, 2.75) is 25.8 Å². The minimum atomic E-state index is -0.375. The van der Waals surface area contributed by atoms with Crippen molar-refractivity contribution in [3.63, 3.8) is 0 Å². The third kappa shape index (κ3) is 4.56. The van der Waals surface area contributed by atoms with Gasteiger partial charge in [0.2, 0.25) is 0 Å².